The van der Waals surface area contributed by atoms with Crippen molar-refractivity contribution in [2.45, 2.75) is 25.8 Å². The molecule has 2 aromatic carbocycles. The van der Waals surface area contributed by atoms with E-state index in [0.717, 1.165) is 5.56 Å². The molecule has 3 aromatic rings. The van der Waals surface area contributed by atoms with E-state index in [-0.39, 0.29) is 30.0 Å². The molecule has 1 amide bonds. The van der Waals surface area contributed by atoms with E-state index in [1.54, 1.807) is 25.1 Å². The zero-order valence-electron chi connectivity index (χ0n) is 20.9. The molecule has 0 saturated carbocycles. The number of nitrogens with one attached hydrogen (secondary N) is 2. The molecular weight excluding hydrogens is 511 g/mol. The molecule has 2 N–H and O–H groups in total. The molecule has 0 unspecified atom stereocenters. The van der Waals surface area contributed by atoms with Crippen LogP contribution in [0.2, 0.25) is 5.02 Å². The van der Waals surface area contributed by atoms with Crippen molar-refractivity contribution in [2.75, 3.05) is 26.2 Å². The first-order valence-electron chi connectivity index (χ1n) is 12.4. The maximum absolute atomic E-state index is 14.3. The predicted octanol–water partition coefficient (Wildman–Crippen LogP) is 3.63. The normalized spacial score (nSPS) is 15.2. The number of hydrogen-bond donors (Lipinski definition) is 2. The van der Waals surface area contributed by atoms with E-state index in [9.17, 15) is 14.0 Å². The van der Waals surface area contributed by atoms with Gasteiger partial charge in [0.15, 0.2) is 0 Å². The largest absolute Gasteiger partial charge is 0.466 e. The number of esters is 1. The molecule has 0 spiro atoms. The summed E-state index contributed by atoms with van der Waals surface area (Å²) in [7, 11) is 0. The fraction of sp³-hybridized carbons (Fsp3) is 0.370. The summed E-state index contributed by atoms with van der Waals surface area (Å²) >= 11 is 6.05. The van der Waals surface area contributed by atoms with Gasteiger partial charge in [0.2, 0.25) is 0 Å². The number of rotatable bonds is 11. The molecule has 11 heteroatoms. The highest BCUT2D eigenvalue weighted by molar-refractivity contribution is 6.30. The number of aromatic nitrogens is 3. The fourth-order valence-corrected chi connectivity index (χ4v) is 4.72. The van der Waals surface area contributed by atoms with Gasteiger partial charge >= 0.3 is 5.97 Å². The summed E-state index contributed by atoms with van der Waals surface area (Å²) in [4.78, 5) is 27.7. The van der Waals surface area contributed by atoms with Crippen molar-refractivity contribution < 1.29 is 18.7 Å². The number of hydrogen-bond acceptors (Lipinski definition) is 7. The Hall–Kier alpha value is -3.81. The maximum atomic E-state index is 14.3. The predicted molar refractivity (Wildman–Crippen MR) is 138 cm³/mol. The van der Waals surface area contributed by atoms with Crippen LogP contribution < -0.4 is 5.32 Å². The lowest BCUT2D eigenvalue weighted by molar-refractivity contribution is -0.149. The molecule has 0 radical (unpaired) electrons. The number of halogens is 2. The first kappa shape index (κ1) is 27.2. The van der Waals surface area contributed by atoms with E-state index in [2.05, 4.69) is 26.8 Å². The highest BCUT2D eigenvalue weighted by Crippen LogP contribution is 2.27. The Morgan fingerprint density at radius 1 is 1.29 bits per heavy atom. The van der Waals surface area contributed by atoms with Gasteiger partial charge in [-0.1, -0.05) is 41.1 Å². The quantitative estimate of drug-likeness (QED) is 0.357. The van der Waals surface area contributed by atoms with Gasteiger partial charge in [0.1, 0.15) is 11.5 Å². The Kier molecular flexibility index (Phi) is 9.05. The van der Waals surface area contributed by atoms with Crippen LogP contribution in [0.5, 0.6) is 0 Å². The SMILES string of the molecule is CCOC(=O)[C@@H](C[C@@H](Cc1ccc(-c2cc(Cl)ccc2F)cc1)NC(=O)c1cnn[nH]1)CN1CC(C#N)C1. The van der Waals surface area contributed by atoms with Gasteiger partial charge in [-0.3, -0.25) is 19.6 Å². The van der Waals surface area contributed by atoms with Crippen molar-refractivity contribution in [1.82, 2.24) is 25.6 Å². The smallest absolute Gasteiger partial charge is 0.310 e. The lowest BCUT2D eigenvalue weighted by atomic mass is 9.91. The van der Waals surface area contributed by atoms with E-state index in [0.29, 0.717) is 48.6 Å². The monoisotopic (exact) mass is 538 g/mol. The van der Waals surface area contributed by atoms with Gasteiger partial charge in [-0.2, -0.15) is 5.26 Å². The van der Waals surface area contributed by atoms with Crippen LogP contribution in [0.15, 0.2) is 48.7 Å². The number of nitrogens with zero attached hydrogens (tertiary/aromatic N) is 4. The molecule has 1 saturated heterocycles. The van der Waals surface area contributed by atoms with E-state index in [4.69, 9.17) is 21.6 Å². The van der Waals surface area contributed by atoms with Crippen LogP contribution in [0.3, 0.4) is 0 Å². The standard InChI is InChI=1S/C27H28ClFN6O3/c1-2-38-27(37)20(16-35-14-18(12-30)15-35)10-22(32-26(36)25-13-31-34-33-25)9-17-3-5-19(6-4-17)23-11-21(28)7-8-24(23)29/h3-8,11,13,18,20,22H,2,9-10,14-16H2,1H3,(H,32,36)(H,31,33,34)/t20-,22+/m0/s1. The number of likely N-dealkylation sites (tertiary alicyclic amines) is 1. The molecule has 198 valence electrons. The first-order chi connectivity index (χ1) is 18.4. The van der Waals surface area contributed by atoms with Crippen LogP contribution >= 0.6 is 11.6 Å². The summed E-state index contributed by atoms with van der Waals surface area (Å²) in [6, 6.07) is 13.5. The van der Waals surface area contributed by atoms with Gasteiger partial charge in [0.25, 0.3) is 5.91 Å². The van der Waals surface area contributed by atoms with Crippen molar-refractivity contribution in [1.29, 1.82) is 5.26 Å². The van der Waals surface area contributed by atoms with Gasteiger partial charge < -0.3 is 10.1 Å². The summed E-state index contributed by atoms with van der Waals surface area (Å²) in [5, 5.41) is 22.3. The Bertz CT molecular complexity index is 1290. The van der Waals surface area contributed by atoms with E-state index >= 15 is 0 Å². The lowest BCUT2D eigenvalue weighted by Gasteiger charge is -2.37. The van der Waals surface area contributed by atoms with Gasteiger partial charge in [-0.25, -0.2) is 4.39 Å². The Balaban J connectivity index is 1.52. The Morgan fingerprint density at radius 3 is 2.71 bits per heavy atom. The minimum Gasteiger partial charge on any atom is -0.466 e. The van der Waals surface area contributed by atoms with Crippen LogP contribution in [-0.2, 0) is 16.0 Å². The van der Waals surface area contributed by atoms with Crippen LogP contribution in [0, 0.1) is 29.0 Å². The van der Waals surface area contributed by atoms with Crippen LogP contribution in [0.25, 0.3) is 11.1 Å². The van der Waals surface area contributed by atoms with Gasteiger partial charge in [-0.05, 0) is 49.1 Å². The van der Waals surface area contributed by atoms with Crippen molar-refractivity contribution in [3.05, 3.63) is 70.8 Å². The molecule has 0 aliphatic carbocycles. The Labute approximate surface area is 224 Å². The number of amides is 1. The van der Waals surface area contributed by atoms with Crippen LogP contribution in [0.1, 0.15) is 29.4 Å². The van der Waals surface area contributed by atoms with Gasteiger partial charge in [0, 0.05) is 36.3 Å². The number of carbonyl (C=O) groups excluding carboxylic acids is 2. The zero-order valence-corrected chi connectivity index (χ0v) is 21.6. The molecular formula is C27H28ClFN6O3. The molecule has 1 aliphatic heterocycles. The molecule has 1 aliphatic rings. The number of H-pyrrole nitrogens is 1. The topological polar surface area (TPSA) is 124 Å². The highest BCUT2D eigenvalue weighted by Gasteiger charge is 2.33. The second kappa shape index (κ2) is 12.6. The number of benzene rings is 2. The maximum Gasteiger partial charge on any atom is 0.310 e. The summed E-state index contributed by atoms with van der Waals surface area (Å²) in [6.07, 6.45) is 2.07. The van der Waals surface area contributed by atoms with Gasteiger partial charge in [0.05, 0.1) is 30.7 Å². The van der Waals surface area contributed by atoms with Crippen molar-refractivity contribution in [3.8, 4) is 17.2 Å². The molecule has 4 rings (SSSR count). The number of aromatic amines is 1. The third kappa shape index (κ3) is 6.94. The summed E-state index contributed by atoms with van der Waals surface area (Å²) < 4.78 is 19.7. The summed E-state index contributed by atoms with van der Waals surface area (Å²) in [5.41, 5.74) is 2.16. The molecule has 0 bridgehead atoms. The summed E-state index contributed by atoms with van der Waals surface area (Å²) in [5.74, 6) is -1.65. The zero-order chi connectivity index (χ0) is 27.1. The summed E-state index contributed by atoms with van der Waals surface area (Å²) in [6.45, 7) is 3.63. The second-order valence-corrected chi connectivity index (χ2v) is 9.73. The minimum atomic E-state index is -0.500. The lowest BCUT2D eigenvalue weighted by Crippen LogP contribution is -2.50. The first-order valence-corrected chi connectivity index (χ1v) is 12.7. The molecule has 38 heavy (non-hydrogen) atoms. The molecule has 1 aromatic heterocycles. The molecule has 9 nitrogen and oxygen atoms in total. The number of nitriles is 1. The molecule has 2 atom stereocenters. The molecule has 1 fully saturated rings. The third-order valence-electron chi connectivity index (χ3n) is 6.48. The van der Waals surface area contributed by atoms with E-state index in [1.165, 1.54) is 18.3 Å². The number of carbonyl (C=O) groups is 2. The minimum absolute atomic E-state index is 0.0379. The van der Waals surface area contributed by atoms with Crippen molar-refractivity contribution >= 4 is 23.5 Å². The average molecular weight is 539 g/mol. The number of ether oxygens (including phenoxy) is 1. The van der Waals surface area contributed by atoms with Crippen molar-refractivity contribution in [2.24, 2.45) is 11.8 Å². The average Bonchev–Trinajstić information content (AvgIpc) is 3.42. The van der Waals surface area contributed by atoms with Gasteiger partial charge in [-0.15, -0.1) is 5.10 Å². The highest BCUT2D eigenvalue weighted by atomic mass is 35.5. The van der Waals surface area contributed by atoms with Crippen LogP contribution in [-0.4, -0.2) is 64.5 Å². The van der Waals surface area contributed by atoms with Crippen LogP contribution in [0.4, 0.5) is 4.39 Å². The van der Waals surface area contributed by atoms with Crippen molar-refractivity contribution in [3.63, 3.8) is 0 Å². The van der Waals surface area contributed by atoms with E-state index < -0.39 is 17.9 Å². The Morgan fingerprint density at radius 2 is 2.05 bits per heavy atom. The fourth-order valence-electron chi connectivity index (χ4n) is 4.55. The third-order valence-corrected chi connectivity index (χ3v) is 6.71. The second-order valence-electron chi connectivity index (χ2n) is 9.29. The molecule has 2 heterocycles. The van der Waals surface area contributed by atoms with E-state index in [1.807, 2.05) is 17.0 Å².